The minimum Gasteiger partial charge on any atom is -0.373 e. The van der Waals surface area contributed by atoms with Crippen molar-refractivity contribution in [1.29, 1.82) is 0 Å². The van der Waals surface area contributed by atoms with Crippen LogP contribution in [0.15, 0.2) is 24.3 Å². The van der Waals surface area contributed by atoms with Crippen LogP contribution in [0.2, 0.25) is 0 Å². The average molecular weight is 360 g/mol. The molecule has 0 unspecified atom stereocenters. The molecule has 2 aliphatic rings. The number of benzene rings is 1. The lowest BCUT2D eigenvalue weighted by molar-refractivity contribution is -0.126. The van der Waals surface area contributed by atoms with E-state index < -0.39 is 0 Å². The van der Waals surface area contributed by atoms with Crippen molar-refractivity contribution in [3.05, 3.63) is 35.4 Å². The van der Waals surface area contributed by atoms with E-state index in [0.29, 0.717) is 6.54 Å². The van der Waals surface area contributed by atoms with Crippen molar-refractivity contribution < 1.29 is 9.53 Å². The first kappa shape index (κ1) is 19.3. The Morgan fingerprint density at radius 3 is 2.58 bits per heavy atom. The molecule has 1 aromatic carbocycles. The highest BCUT2D eigenvalue weighted by molar-refractivity contribution is 5.78. The number of hydrogen-bond acceptors (Lipinski definition) is 4. The summed E-state index contributed by atoms with van der Waals surface area (Å²) in [4.78, 5) is 15.0. The Balaban J connectivity index is 1.57. The number of rotatable bonds is 5. The SMILES string of the molecule is C[C@@H]1CN(Cc2ccccc2CNC(=O)[C@@H]2CCC[C@H](N)C2)C[C@@H](C)O1. The van der Waals surface area contributed by atoms with Gasteiger partial charge in [-0.2, -0.15) is 0 Å². The lowest BCUT2D eigenvalue weighted by Gasteiger charge is -2.35. The third-order valence-electron chi connectivity index (χ3n) is 5.55. The second-order valence-electron chi connectivity index (χ2n) is 8.06. The highest BCUT2D eigenvalue weighted by Gasteiger charge is 2.26. The molecule has 5 heteroatoms. The van der Waals surface area contributed by atoms with Crippen LogP contribution in [0.3, 0.4) is 0 Å². The molecule has 5 nitrogen and oxygen atoms in total. The molecule has 1 heterocycles. The van der Waals surface area contributed by atoms with Crippen LogP contribution in [0.5, 0.6) is 0 Å². The summed E-state index contributed by atoms with van der Waals surface area (Å²) >= 11 is 0. The van der Waals surface area contributed by atoms with Gasteiger partial charge in [-0.3, -0.25) is 9.69 Å². The minimum absolute atomic E-state index is 0.0758. The number of hydrogen-bond donors (Lipinski definition) is 2. The third kappa shape index (κ3) is 5.29. The molecular formula is C21H33N3O2. The van der Waals surface area contributed by atoms with Crippen LogP contribution < -0.4 is 11.1 Å². The van der Waals surface area contributed by atoms with Gasteiger partial charge in [-0.1, -0.05) is 30.7 Å². The summed E-state index contributed by atoms with van der Waals surface area (Å²) in [5.74, 6) is 0.232. The summed E-state index contributed by atoms with van der Waals surface area (Å²) in [6.07, 6.45) is 4.41. The zero-order chi connectivity index (χ0) is 18.5. The zero-order valence-electron chi connectivity index (χ0n) is 16.1. The van der Waals surface area contributed by atoms with E-state index in [1.165, 1.54) is 11.1 Å². The molecule has 1 aromatic rings. The van der Waals surface area contributed by atoms with Gasteiger partial charge < -0.3 is 15.8 Å². The first-order valence-corrected chi connectivity index (χ1v) is 9.99. The number of carbonyl (C=O) groups excluding carboxylic acids is 1. The smallest absolute Gasteiger partial charge is 0.223 e. The number of morpholine rings is 1. The Kier molecular flexibility index (Phi) is 6.68. The van der Waals surface area contributed by atoms with Crippen LogP contribution in [0.4, 0.5) is 0 Å². The minimum atomic E-state index is 0.0758. The number of amides is 1. The fourth-order valence-electron chi connectivity index (χ4n) is 4.33. The van der Waals surface area contributed by atoms with Gasteiger partial charge in [0.15, 0.2) is 0 Å². The first-order valence-electron chi connectivity index (χ1n) is 9.99. The standard InChI is InChI=1S/C21H33N3O2/c1-15-12-24(13-16(2)26-15)14-19-7-4-3-6-18(19)11-23-21(25)17-8-5-9-20(22)10-17/h3-4,6-7,15-17,20H,5,8-14,22H2,1-2H3,(H,23,25)/t15-,16-,17-,20+/m1/s1. The molecule has 1 saturated heterocycles. The van der Waals surface area contributed by atoms with Gasteiger partial charge in [0.05, 0.1) is 12.2 Å². The van der Waals surface area contributed by atoms with Crippen molar-refractivity contribution >= 4 is 5.91 Å². The van der Waals surface area contributed by atoms with E-state index in [4.69, 9.17) is 10.5 Å². The predicted molar refractivity (Wildman–Crippen MR) is 104 cm³/mol. The molecule has 3 rings (SSSR count). The van der Waals surface area contributed by atoms with E-state index in [9.17, 15) is 4.79 Å². The maximum atomic E-state index is 12.5. The summed E-state index contributed by atoms with van der Waals surface area (Å²) in [7, 11) is 0. The number of nitrogens with zero attached hydrogens (tertiary/aromatic N) is 1. The fourth-order valence-corrected chi connectivity index (χ4v) is 4.33. The average Bonchev–Trinajstić information content (AvgIpc) is 2.60. The van der Waals surface area contributed by atoms with Gasteiger partial charge in [-0.05, 0) is 44.2 Å². The molecule has 1 saturated carbocycles. The van der Waals surface area contributed by atoms with Crippen molar-refractivity contribution in [2.45, 2.75) is 70.9 Å². The maximum absolute atomic E-state index is 12.5. The second kappa shape index (κ2) is 8.98. The summed E-state index contributed by atoms with van der Waals surface area (Å²) in [5.41, 5.74) is 8.51. The highest BCUT2D eigenvalue weighted by Crippen LogP contribution is 2.23. The topological polar surface area (TPSA) is 67.6 Å². The fraction of sp³-hybridized carbons (Fsp3) is 0.667. The Hall–Kier alpha value is -1.43. The van der Waals surface area contributed by atoms with Gasteiger partial charge in [0.2, 0.25) is 5.91 Å². The molecule has 0 spiro atoms. The van der Waals surface area contributed by atoms with Crippen molar-refractivity contribution in [2.24, 2.45) is 11.7 Å². The molecule has 26 heavy (non-hydrogen) atoms. The summed E-state index contributed by atoms with van der Waals surface area (Å²) in [6.45, 7) is 7.65. The monoisotopic (exact) mass is 359 g/mol. The molecule has 4 atom stereocenters. The Labute approximate surface area is 157 Å². The van der Waals surface area contributed by atoms with Gasteiger partial charge in [0.25, 0.3) is 0 Å². The van der Waals surface area contributed by atoms with Crippen molar-refractivity contribution in [2.75, 3.05) is 13.1 Å². The molecule has 1 amide bonds. The normalized spacial score (nSPS) is 30.1. The lowest BCUT2D eigenvalue weighted by atomic mass is 9.85. The van der Waals surface area contributed by atoms with E-state index in [-0.39, 0.29) is 30.1 Å². The molecule has 144 valence electrons. The van der Waals surface area contributed by atoms with Crippen LogP contribution in [0.25, 0.3) is 0 Å². The van der Waals surface area contributed by atoms with E-state index in [1.807, 2.05) is 6.07 Å². The van der Waals surface area contributed by atoms with Gasteiger partial charge in [-0.15, -0.1) is 0 Å². The molecule has 1 aliphatic carbocycles. The van der Waals surface area contributed by atoms with Gasteiger partial charge in [0, 0.05) is 38.1 Å². The van der Waals surface area contributed by atoms with E-state index >= 15 is 0 Å². The molecule has 0 radical (unpaired) electrons. The number of nitrogens with one attached hydrogen (secondary N) is 1. The third-order valence-corrected chi connectivity index (χ3v) is 5.55. The Morgan fingerprint density at radius 1 is 1.19 bits per heavy atom. The largest absolute Gasteiger partial charge is 0.373 e. The van der Waals surface area contributed by atoms with Crippen LogP contribution in [-0.4, -0.2) is 42.1 Å². The van der Waals surface area contributed by atoms with Gasteiger partial charge in [0.1, 0.15) is 0 Å². The van der Waals surface area contributed by atoms with Crippen molar-refractivity contribution in [3.63, 3.8) is 0 Å². The van der Waals surface area contributed by atoms with Crippen molar-refractivity contribution in [1.82, 2.24) is 10.2 Å². The number of ether oxygens (including phenoxy) is 1. The number of nitrogens with two attached hydrogens (primary N) is 1. The summed E-state index contributed by atoms with van der Waals surface area (Å²) in [5, 5.41) is 3.15. The Morgan fingerprint density at radius 2 is 1.88 bits per heavy atom. The molecule has 2 fully saturated rings. The summed E-state index contributed by atoms with van der Waals surface area (Å²) < 4.78 is 5.83. The molecule has 1 aliphatic heterocycles. The van der Waals surface area contributed by atoms with E-state index in [1.54, 1.807) is 0 Å². The lowest BCUT2D eigenvalue weighted by Crippen LogP contribution is -2.45. The molecule has 3 N–H and O–H groups in total. The van der Waals surface area contributed by atoms with Gasteiger partial charge >= 0.3 is 0 Å². The van der Waals surface area contributed by atoms with E-state index in [2.05, 4.69) is 42.3 Å². The van der Waals surface area contributed by atoms with Crippen molar-refractivity contribution in [3.8, 4) is 0 Å². The second-order valence-corrected chi connectivity index (χ2v) is 8.06. The van der Waals surface area contributed by atoms with Crippen LogP contribution in [0.1, 0.15) is 50.7 Å². The van der Waals surface area contributed by atoms with E-state index in [0.717, 1.165) is 45.3 Å². The van der Waals surface area contributed by atoms with Crippen LogP contribution in [-0.2, 0) is 22.6 Å². The molecule has 0 aromatic heterocycles. The molecule has 0 bridgehead atoms. The molecular weight excluding hydrogens is 326 g/mol. The number of carbonyl (C=O) groups is 1. The Bertz CT molecular complexity index is 597. The predicted octanol–water partition coefficient (Wildman–Crippen LogP) is 2.43. The highest BCUT2D eigenvalue weighted by atomic mass is 16.5. The first-order chi connectivity index (χ1) is 12.5. The zero-order valence-corrected chi connectivity index (χ0v) is 16.1. The van der Waals surface area contributed by atoms with Crippen LogP contribution in [0, 0.1) is 5.92 Å². The quantitative estimate of drug-likeness (QED) is 0.847. The summed E-state index contributed by atoms with van der Waals surface area (Å²) in [6, 6.07) is 8.59. The van der Waals surface area contributed by atoms with Gasteiger partial charge in [-0.25, -0.2) is 0 Å². The van der Waals surface area contributed by atoms with Crippen LogP contribution >= 0.6 is 0 Å². The maximum Gasteiger partial charge on any atom is 0.223 e.